The van der Waals surface area contributed by atoms with Crippen LogP contribution in [0.1, 0.15) is 46.3 Å². The minimum Gasteiger partial charge on any atom is -0.477 e. The predicted molar refractivity (Wildman–Crippen MR) is 127 cm³/mol. The van der Waals surface area contributed by atoms with Crippen LogP contribution in [0.15, 0.2) is 75.9 Å². The smallest absolute Gasteiger partial charge is 0.340 e. The van der Waals surface area contributed by atoms with Crippen molar-refractivity contribution in [2.24, 2.45) is 0 Å². The molecule has 4 heteroatoms. The van der Waals surface area contributed by atoms with E-state index in [-0.39, 0.29) is 11.7 Å². The van der Waals surface area contributed by atoms with E-state index in [9.17, 15) is 4.79 Å². The number of ether oxygens (including phenoxy) is 1. The highest BCUT2D eigenvalue weighted by Gasteiger charge is 2.26. The van der Waals surface area contributed by atoms with Crippen LogP contribution in [0.2, 0.25) is 0 Å². The van der Waals surface area contributed by atoms with Crippen LogP contribution in [-0.2, 0) is 13.0 Å². The van der Waals surface area contributed by atoms with Crippen molar-refractivity contribution in [3.63, 3.8) is 0 Å². The van der Waals surface area contributed by atoms with E-state index < -0.39 is 0 Å². The number of fused-ring (bicyclic) bond motifs is 2. The first-order valence-corrected chi connectivity index (χ1v) is 11.1. The highest BCUT2D eigenvalue weighted by molar-refractivity contribution is 5.87. The summed E-state index contributed by atoms with van der Waals surface area (Å²) in [5.41, 5.74) is 6.47. The van der Waals surface area contributed by atoms with Crippen molar-refractivity contribution < 1.29 is 9.15 Å². The van der Waals surface area contributed by atoms with Gasteiger partial charge in [-0.25, -0.2) is 4.79 Å². The van der Waals surface area contributed by atoms with Gasteiger partial charge >= 0.3 is 5.63 Å². The summed E-state index contributed by atoms with van der Waals surface area (Å²) in [6.07, 6.45) is 0.564. The highest BCUT2D eigenvalue weighted by atomic mass is 16.5. The Kier molecular flexibility index (Phi) is 5.32. The van der Waals surface area contributed by atoms with Gasteiger partial charge in [-0.2, -0.15) is 0 Å². The molecule has 162 valence electrons. The topological polar surface area (TPSA) is 42.7 Å². The fourth-order valence-corrected chi connectivity index (χ4v) is 4.66. The van der Waals surface area contributed by atoms with Crippen LogP contribution < -0.4 is 10.4 Å². The van der Waals surface area contributed by atoms with Gasteiger partial charge in [-0.3, -0.25) is 4.90 Å². The second kappa shape index (κ2) is 8.29. The first-order valence-electron chi connectivity index (χ1n) is 11.1. The molecule has 4 aromatic rings. The summed E-state index contributed by atoms with van der Waals surface area (Å²) in [5.74, 6) is 0.840. The second-order valence-electron chi connectivity index (χ2n) is 8.63. The lowest BCUT2D eigenvalue weighted by atomic mass is 9.95. The number of hydrogen-bond donors (Lipinski definition) is 0. The molecular formula is C28H27NO3. The molecule has 1 aliphatic heterocycles. The van der Waals surface area contributed by atoms with Gasteiger partial charge in [0.25, 0.3) is 0 Å². The zero-order chi connectivity index (χ0) is 22.2. The zero-order valence-electron chi connectivity index (χ0n) is 18.7. The van der Waals surface area contributed by atoms with Crippen LogP contribution in [0.25, 0.3) is 11.0 Å². The van der Waals surface area contributed by atoms with Gasteiger partial charge in [-0.1, -0.05) is 60.7 Å². The quantitative estimate of drug-likeness (QED) is 0.381. The molecule has 0 unspecified atom stereocenters. The lowest BCUT2D eigenvalue weighted by molar-refractivity contribution is 0.0613. The van der Waals surface area contributed by atoms with Gasteiger partial charge in [0.2, 0.25) is 0 Å². The normalized spacial score (nSPS) is 14.7. The van der Waals surface area contributed by atoms with Crippen LogP contribution in [0.4, 0.5) is 0 Å². The van der Waals surface area contributed by atoms with E-state index in [2.05, 4.69) is 42.2 Å². The molecule has 32 heavy (non-hydrogen) atoms. The molecule has 3 aromatic carbocycles. The second-order valence-corrected chi connectivity index (χ2v) is 8.63. The third-order valence-electron chi connectivity index (χ3n) is 6.64. The molecule has 0 bridgehead atoms. The average Bonchev–Trinajstić information content (AvgIpc) is 2.83. The molecule has 0 radical (unpaired) electrons. The van der Waals surface area contributed by atoms with E-state index in [0.717, 1.165) is 39.9 Å². The van der Waals surface area contributed by atoms with Crippen molar-refractivity contribution in [3.8, 4) is 5.75 Å². The maximum atomic E-state index is 12.9. The van der Waals surface area contributed by atoms with Gasteiger partial charge < -0.3 is 9.15 Å². The summed E-state index contributed by atoms with van der Waals surface area (Å²) in [4.78, 5) is 15.2. The Morgan fingerprint density at radius 2 is 1.66 bits per heavy atom. The fraction of sp³-hybridized carbons (Fsp3) is 0.250. The molecule has 0 aliphatic carbocycles. The lowest BCUT2D eigenvalue weighted by Crippen LogP contribution is -2.34. The van der Waals surface area contributed by atoms with Crippen LogP contribution >= 0.6 is 0 Å². The summed E-state index contributed by atoms with van der Waals surface area (Å²) in [5, 5.41) is 0.990. The minimum absolute atomic E-state index is 0.240. The van der Waals surface area contributed by atoms with E-state index in [1.54, 1.807) is 0 Å². The number of benzene rings is 3. The first-order chi connectivity index (χ1) is 15.5. The maximum Gasteiger partial charge on any atom is 0.340 e. The van der Waals surface area contributed by atoms with Crippen LogP contribution in [0.5, 0.6) is 5.75 Å². The number of hydrogen-bond acceptors (Lipinski definition) is 4. The largest absolute Gasteiger partial charge is 0.477 e. The molecule has 0 saturated carbocycles. The Morgan fingerprint density at radius 3 is 2.38 bits per heavy atom. The van der Waals surface area contributed by atoms with Gasteiger partial charge in [0.05, 0.1) is 0 Å². The van der Waals surface area contributed by atoms with Gasteiger partial charge in [0, 0.05) is 41.1 Å². The SMILES string of the molecule is Cc1c(Cc2ccccc2)c(=O)oc2c(C)c3c(cc12)CN([C@@H](C)c1ccccc1)CO3. The summed E-state index contributed by atoms with van der Waals surface area (Å²) in [6, 6.07) is 22.9. The average molecular weight is 426 g/mol. The molecule has 0 N–H and O–H groups in total. The Bertz CT molecular complexity index is 1330. The summed E-state index contributed by atoms with van der Waals surface area (Å²) >= 11 is 0. The number of aryl methyl sites for hydroxylation is 2. The summed E-state index contributed by atoms with van der Waals surface area (Å²) in [7, 11) is 0. The van der Waals surface area contributed by atoms with Crippen LogP contribution in [0, 0.1) is 13.8 Å². The molecule has 0 amide bonds. The molecule has 2 heterocycles. The lowest BCUT2D eigenvalue weighted by Gasteiger charge is -2.34. The number of rotatable bonds is 4. The minimum atomic E-state index is -0.267. The van der Waals surface area contributed by atoms with Crippen molar-refractivity contribution in [1.29, 1.82) is 0 Å². The Hall–Kier alpha value is -3.37. The van der Waals surface area contributed by atoms with E-state index in [4.69, 9.17) is 9.15 Å². The van der Waals surface area contributed by atoms with Gasteiger partial charge in [0.15, 0.2) is 0 Å². The first kappa shape index (κ1) is 20.5. The zero-order valence-corrected chi connectivity index (χ0v) is 18.7. The molecule has 1 aromatic heterocycles. The Labute approximate surface area is 188 Å². The Balaban J connectivity index is 1.55. The molecule has 1 atom stereocenters. The molecule has 1 aliphatic rings. The molecular weight excluding hydrogens is 398 g/mol. The third kappa shape index (κ3) is 3.61. The van der Waals surface area contributed by atoms with Crippen LogP contribution in [0.3, 0.4) is 0 Å². The van der Waals surface area contributed by atoms with Crippen molar-refractivity contribution in [1.82, 2.24) is 4.90 Å². The van der Waals surface area contributed by atoms with Crippen molar-refractivity contribution >= 4 is 11.0 Å². The summed E-state index contributed by atoms with van der Waals surface area (Å²) in [6.45, 7) is 7.51. The molecule has 0 fully saturated rings. The molecule has 4 nitrogen and oxygen atoms in total. The number of nitrogens with zero attached hydrogens (tertiary/aromatic N) is 1. The van der Waals surface area contributed by atoms with Crippen molar-refractivity contribution in [3.05, 3.63) is 111 Å². The van der Waals surface area contributed by atoms with Gasteiger partial charge in [0.1, 0.15) is 18.1 Å². The maximum absolute atomic E-state index is 12.9. The van der Waals surface area contributed by atoms with Crippen LogP contribution in [-0.4, -0.2) is 11.6 Å². The predicted octanol–water partition coefficient (Wildman–Crippen LogP) is 5.91. The molecule has 5 rings (SSSR count). The highest BCUT2D eigenvalue weighted by Crippen LogP contribution is 2.38. The summed E-state index contributed by atoms with van der Waals surface area (Å²) < 4.78 is 12.0. The van der Waals surface area contributed by atoms with E-state index >= 15 is 0 Å². The van der Waals surface area contributed by atoms with Gasteiger partial charge in [-0.15, -0.1) is 0 Å². The van der Waals surface area contributed by atoms with Gasteiger partial charge in [-0.05, 0) is 43.5 Å². The van der Waals surface area contributed by atoms with E-state index in [1.165, 1.54) is 5.56 Å². The third-order valence-corrected chi connectivity index (χ3v) is 6.64. The molecule has 0 spiro atoms. The standard InChI is InChI=1S/C28H27NO3/c1-18-24-15-23-16-29(20(3)22-12-8-5-9-13-22)17-31-26(23)19(2)27(24)32-28(30)25(18)14-21-10-6-4-7-11-21/h4-13,15,20H,14,16-17H2,1-3H3/t20-/m0/s1. The Morgan fingerprint density at radius 1 is 0.969 bits per heavy atom. The van der Waals surface area contributed by atoms with E-state index in [0.29, 0.717) is 24.3 Å². The fourth-order valence-electron chi connectivity index (χ4n) is 4.66. The molecule has 0 saturated heterocycles. The monoisotopic (exact) mass is 425 g/mol. The van der Waals surface area contributed by atoms with Crippen molar-refractivity contribution in [2.75, 3.05) is 6.73 Å². The van der Waals surface area contributed by atoms with Crippen molar-refractivity contribution in [2.45, 2.75) is 39.8 Å². The van der Waals surface area contributed by atoms with E-state index in [1.807, 2.05) is 50.2 Å².